The third-order valence-electron chi connectivity index (χ3n) is 3.83. The van der Waals surface area contributed by atoms with E-state index in [9.17, 15) is 14.4 Å². The Balaban J connectivity index is 2.04. The second-order valence-electron chi connectivity index (χ2n) is 5.70. The predicted molar refractivity (Wildman–Crippen MR) is 82.2 cm³/mol. The van der Waals surface area contributed by atoms with E-state index in [1.165, 1.54) is 4.90 Å². The smallest absolute Gasteiger partial charge is 0.321 e. The minimum atomic E-state index is -0.945. The molecule has 2 amide bonds. The Labute approximate surface area is 129 Å². The summed E-state index contributed by atoms with van der Waals surface area (Å²) < 4.78 is 0. The van der Waals surface area contributed by atoms with Gasteiger partial charge in [-0.15, -0.1) is 0 Å². The highest BCUT2D eigenvalue weighted by molar-refractivity contribution is 6.00. The maximum absolute atomic E-state index is 12.1. The van der Waals surface area contributed by atoms with Crippen molar-refractivity contribution in [3.63, 3.8) is 0 Å². The third kappa shape index (κ3) is 3.63. The molecule has 6 heteroatoms. The van der Waals surface area contributed by atoms with Crippen LogP contribution >= 0.6 is 0 Å². The molecular weight excluding hydrogens is 284 g/mol. The molecule has 0 fully saturated rings. The van der Waals surface area contributed by atoms with Crippen molar-refractivity contribution in [1.29, 1.82) is 0 Å². The van der Waals surface area contributed by atoms with Gasteiger partial charge >= 0.3 is 12.0 Å². The van der Waals surface area contributed by atoms with Crippen LogP contribution < -0.4 is 5.32 Å². The molecule has 6 nitrogen and oxygen atoms in total. The van der Waals surface area contributed by atoms with E-state index in [4.69, 9.17) is 5.11 Å². The van der Waals surface area contributed by atoms with Gasteiger partial charge in [-0.25, -0.2) is 4.79 Å². The summed E-state index contributed by atoms with van der Waals surface area (Å²) in [5, 5.41) is 11.6. The molecule has 0 spiro atoms. The van der Waals surface area contributed by atoms with Crippen LogP contribution in [0, 0.1) is 5.92 Å². The number of carboxylic acid groups (broad SMARTS) is 1. The van der Waals surface area contributed by atoms with Crippen molar-refractivity contribution in [1.82, 2.24) is 4.90 Å². The monoisotopic (exact) mass is 304 g/mol. The molecule has 0 heterocycles. The van der Waals surface area contributed by atoms with Gasteiger partial charge in [0.1, 0.15) is 0 Å². The molecule has 1 aromatic rings. The summed E-state index contributed by atoms with van der Waals surface area (Å²) in [5.41, 5.74) is 2.24. The first kappa shape index (κ1) is 16.0. The lowest BCUT2D eigenvalue weighted by atomic mass is 9.90. The van der Waals surface area contributed by atoms with E-state index in [1.54, 1.807) is 26.1 Å². The average Bonchev–Trinajstić information content (AvgIpc) is 2.47. The van der Waals surface area contributed by atoms with E-state index in [2.05, 4.69) is 5.32 Å². The van der Waals surface area contributed by atoms with Crippen LogP contribution in [0.2, 0.25) is 0 Å². The largest absolute Gasteiger partial charge is 0.481 e. The van der Waals surface area contributed by atoms with Crippen molar-refractivity contribution < 1.29 is 19.5 Å². The van der Waals surface area contributed by atoms with E-state index in [-0.39, 0.29) is 12.3 Å². The van der Waals surface area contributed by atoms with E-state index in [0.29, 0.717) is 17.7 Å². The number of carboxylic acids is 1. The van der Waals surface area contributed by atoms with Gasteiger partial charge in [-0.05, 0) is 30.5 Å². The summed E-state index contributed by atoms with van der Waals surface area (Å²) in [5.74, 6) is -1.48. The predicted octanol–water partition coefficient (Wildman–Crippen LogP) is 2.39. The summed E-state index contributed by atoms with van der Waals surface area (Å²) >= 11 is 0. The minimum absolute atomic E-state index is 0.102. The summed E-state index contributed by atoms with van der Waals surface area (Å²) in [6, 6.07) is 4.94. The molecule has 0 aromatic heterocycles. The second-order valence-corrected chi connectivity index (χ2v) is 5.70. The summed E-state index contributed by atoms with van der Waals surface area (Å²) in [7, 11) is 1.54. The molecule has 0 saturated heterocycles. The first-order chi connectivity index (χ1) is 10.4. The van der Waals surface area contributed by atoms with Crippen molar-refractivity contribution in [2.24, 2.45) is 5.92 Å². The van der Waals surface area contributed by atoms with Gasteiger partial charge in [-0.1, -0.05) is 13.0 Å². The lowest BCUT2D eigenvalue weighted by molar-refractivity contribution is -0.141. The Morgan fingerprint density at radius 2 is 2.09 bits per heavy atom. The van der Waals surface area contributed by atoms with Crippen LogP contribution in [-0.4, -0.2) is 41.4 Å². The van der Waals surface area contributed by atoms with Crippen LogP contribution in [0.1, 0.15) is 35.7 Å². The van der Waals surface area contributed by atoms with Gasteiger partial charge in [0.05, 0.1) is 5.92 Å². The Bertz CT molecular complexity index is 612. The Hall–Kier alpha value is -2.37. The Kier molecular flexibility index (Phi) is 4.80. The number of hydrogen-bond donors (Lipinski definition) is 2. The van der Waals surface area contributed by atoms with Gasteiger partial charge in [-0.2, -0.15) is 0 Å². The SMILES string of the molecule is CC(CN(C)C(=O)Nc1ccc2c(c1)C(=O)CCC2)C(=O)O. The number of nitrogens with zero attached hydrogens (tertiary/aromatic N) is 1. The molecule has 2 N–H and O–H groups in total. The maximum atomic E-state index is 12.1. The molecule has 0 aliphatic heterocycles. The number of Topliss-reactive ketones (excluding diaryl/α,β-unsaturated/α-hetero) is 1. The van der Waals surface area contributed by atoms with E-state index in [0.717, 1.165) is 18.4 Å². The highest BCUT2D eigenvalue weighted by Crippen LogP contribution is 2.24. The fraction of sp³-hybridized carbons (Fsp3) is 0.438. The molecule has 1 atom stereocenters. The van der Waals surface area contributed by atoms with Crippen molar-refractivity contribution >= 4 is 23.5 Å². The zero-order chi connectivity index (χ0) is 16.3. The van der Waals surface area contributed by atoms with Gasteiger partial charge in [0.2, 0.25) is 0 Å². The molecule has 0 saturated carbocycles. The number of carbonyl (C=O) groups is 3. The second kappa shape index (κ2) is 6.60. The lowest BCUT2D eigenvalue weighted by Crippen LogP contribution is -2.36. The molecule has 0 radical (unpaired) electrons. The lowest BCUT2D eigenvalue weighted by Gasteiger charge is -2.21. The molecule has 1 aliphatic carbocycles. The summed E-state index contributed by atoms with van der Waals surface area (Å²) in [6.45, 7) is 1.66. The first-order valence-electron chi connectivity index (χ1n) is 7.29. The van der Waals surface area contributed by atoms with E-state index in [1.807, 2.05) is 6.07 Å². The van der Waals surface area contributed by atoms with Crippen LogP contribution in [0.25, 0.3) is 0 Å². The number of anilines is 1. The summed E-state index contributed by atoms with van der Waals surface area (Å²) in [6.07, 6.45) is 2.29. The number of amides is 2. The fourth-order valence-corrected chi connectivity index (χ4v) is 2.50. The number of aliphatic carboxylic acids is 1. The number of hydrogen-bond acceptors (Lipinski definition) is 3. The van der Waals surface area contributed by atoms with Gasteiger partial charge in [0, 0.05) is 31.3 Å². The van der Waals surface area contributed by atoms with Crippen molar-refractivity contribution in [2.45, 2.75) is 26.2 Å². The van der Waals surface area contributed by atoms with Gasteiger partial charge in [0.25, 0.3) is 0 Å². The molecule has 1 aromatic carbocycles. The number of benzene rings is 1. The number of carbonyl (C=O) groups excluding carboxylic acids is 2. The van der Waals surface area contributed by atoms with Crippen molar-refractivity contribution in [3.8, 4) is 0 Å². The first-order valence-corrected chi connectivity index (χ1v) is 7.29. The van der Waals surface area contributed by atoms with Crippen molar-refractivity contribution in [3.05, 3.63) is 29.3 Å². The number of rotatable bonds is 4. The molecule has 22 heavy (non-hydrogen) atoms. The Morgan fingerprint density at radius 3 is 2.77 bits per heavy atom. The average molecular weight is 304 g/mol. The zero-order valence-electron chi connectivity index (χ0n) is 12.8. The highest BCUT2D eigenvalue weighted by Gasteiger charge is 2.20. The van der Waals surface area contributed by atoms with Crippen molar-refractivity contribution in [2.75, 3.05) is 18.9 Å². The highest BCUT2D eigenvalue weighted by atomic mass is 16.4. The summed E-state index contributed by atoms with van der Waals surface area (Å²) in [4.78, 5) is 36.1. The maximum Gasteiger partial charge on any atom is 0.321 e. The normalized spacial score (nSPS) is 14.9. The molecular formula is C16H20N2O4. The third-order valence-corrected chi connectivity index (χ3v) is 3.83. The molecule has 2 rings (SSSR count). The van der Waals surface area contributed by atoms with Crippen LogP contribution in [-0.2, 0) is 11.2 Å². The van der Waals surface area contributed by atoms with Crippen LogP contribution in [0.3, 0.4) is 0 Å². The van der Waals surface area contributed by atoms with Gasteiger partial charge in [-0.3, -0.25) is 9.59 Å². The Morgan fingerprint density at radius 1 is 1.36 bits per heavy atom. The molecule has 1 unspecified atom stereocenters. The minimum Gasteiger partial charge on any atom is -0.481 e. The number of aryl methyl sites for hydroxylation is 1. The number of nitrogens with one attached hydrogen (secondary N) is 1. The van der Waals surface area contributed by atoms with Crippen LogP contribution in [0.15, 0.2) is 18.2 Å². The van der Waals surface area contributed by atoms with Crippen LogP contribution in [0.4, 0.5) is 10.5 Å². The molecule has 1 aliphatic rings. The molecule has 118 valence electrons. The molecule has 0 bridgehead atoms. The van der Waals surface area contributed by atoms with Gasteiger partial charge in [0.15, 0.2) is 5.78 Å². The van der Waals surface area contributed by atoms with E-state index < -0.39 is 17.9 Å². The quantitative estimate of drug-likeness (QED) is 0.894. The standard InChI is InChI=1S/C16H20N2O4/c1-10(15(20)21)9-18(2)16(22)17-12-7-6-11-4-3-5-14(19)13(11)8-12/h6-8,10H,3-5,9H2,1-2H3,(H,17,22)(H,20,21). The number of urea groups is 1. The van der Waals surface area contributed by atoms with Crippen LogP contribution in [0.5, 0.6) is 0 Å². The zero-order valence-corrected chi connectivity index (χ0v) is 12.8. The van der Waals surface area contributed by atoms with Gasteiger partial charge < -0.3 is 15.3 Å². The topological polar surface area (TPSA) is 86.7 Å². The number of ketones is 1. The van der Waals surface area contributed by atoms with E-state index >= 15 is 0 Å². The number of fused-ring (bicyclic) bond motifs is 1. The fourth-order valence-electron chi connectivity index (χ4n) is 2.50.